The van der Waals surface area contributed by atoms with Gasteiger partial charge in [0.15, 0.2) is 0 Å². The molecule has 2 nitrogen and oxygen atoms in total. The van der Waals surface area contributed by atoms with Crippen molar-refractivity contribution in [2.24, 2.45) is 0 Å². The van der Waals surface area contributed by atoms with Crippen LogP contribution in [0.5, 0.6) is 0 Å². The van der Waals surface area contributed by atoms with Crippen LogP contribution in [0.25, 0.3) is 0 Å². The van der Waals surface area contributed by atoms with Crippen molar-refractivity contribution in [2.75, 3.05) is 6.79 Å². The number of halogens is 1. The molecular weight excluding hydrogens is 304 g/mol. The molecule has 2 aromatic carbocycles. The second kappa shape index (κ2) is 7.43. The highest BCUT2D eigenvalue weighted by Gasteiger charge is 2.14. The molecule has 0 spiro atoms. The van der Waals surface area contributed by atoms with Crippen molar-refractivity contribution in [3.63, 3.8) is 0 Å². The van der Waals surface area contributed by atoms with E-state index in [1.54, 1.807) is 0 Å². The van der Waals surface area contributed by atoms with Gasteiger partial charge >= 0.3 is 0 Å². The van der Waals surface area contributed by atoms with Gasteiger partial charge in [-0.2, -0.15) is 0 Å². The van der Waals surface area contributed by atoms with Gasteiger partial charge in [-0.1, -0.05) is 76.6 Å². The van der Waals surface area contributed by atoms with Gasteiger partial charge in [-0.3, -0.25) is 0 Å². The van der Waals surface area contributed by atoms with Crippen molar-refractivity contribution in [2.45, 2.75) is 18.0 Å². The van der Waals surface area contributed by atoms with Crippen LogP contribution >= 0.6 is 15.9 Å². The molecule has 0 aliphatic carbocycles. The first-order chi connectivity index (χ1) is 9.27. The van der Waals surface area contributed by atoms with Crippen LogP contribution in [-0.4, -0.2) is 11.8 Å². The number of rotatable bonds is 6. The Hall–Kier alpha value is -1.16. The minimum Gasteiger partial charge on any atom is -0.343 e. The van der Waals surface area contributed by atoms with E-state index in [4.69, 9.17) is 9.47 Å². The van der Waals surface area contributed by atoms with E-state index in [0.29, 0.717) is 0 Å². The summed E-state index contributed by atoms with van der Waals surface area (Å²) in [5.74, 6) is 0. The van der Waals surface area contributed by atoms with Crippen LogP contribution in [0.15, 0.2) is 60.7 Å². The van der Waals surface area contributed by atoms with Gasteiger partial charge in [0, 0.05) is 0 Å². The van der Waals surface area contributed by atoms with Gasteiger partial charge in [-0.05, 0) is 18.1 Å². The Morgan fingerprint density at radius 3 is 1.74 bits per heavy atom. The predicted octanol–water partition coefficient (Wildman–Crippen LogP) is 4.51. The predicted molar refractivity (Wildman–Crippen MR) is 80.2 cm³/mol. The third-order valence-corrected chi connectivity index (χ3v) is 3.00. The summed E-state index contributed by atoms with van der Waals surface area (Å²) in [5.41, 5.74) is 2.25. The lowest BCUT2D eigenvalue weighted by molar-refractivity contribution is -0.0821. The lowest BCUT2D eigenvalue weighted by Crippen LogP contribution is -2.11. The van der Waals surface area contributed by atoms with Gasteiger partial charge in [0.1, 0.15) is 17.9 Å². The van der Waals surface area contributed by atoms with E-state index in [9.17, 15) is 0 Å². The number of hydrogen-bond donors (Lipinski definition) is 0. The van der Waals surface area contributed by atoms with Crippen LogP contribution in [0.2, 0.25) is 0 Å². The third kappa shape index (κ3) is 4.46. The second-order valence-electron chi connectivity index (χ2n) is 4.20. The topological polar surface area (TPSA) is 18.5 Å². The molecule has 3 heteroatoms. The van der Waals surface area contributed by atoms with E-state index in [0.717, 1.165) is 11.1 Å². The molecule has 2 rings (SSSR count). The molecule has 1 atom stereocenters. The molecular formula is C16H17BrO2. The second-order valence-corrected chi connectivity index (χ2v) is 5.49. The molecule has 0 heterocycles. The summed E-state index contributed by atoms with van der Waals surface area (Å²) in [6.45, 7) is 2.17. The zero-order chi connectivity index (χ0) is 13.5. The van der Waals surface area contributed by atoms with Crippen molar-refractivity contribution >= 4 is 15.9 Å². The molecule has 0 aliphatic heterocycles. The first kappa shape index (κ1) is 14.3. The molecule has 0 N–H and O–H groups in total. The molecule has 1 unspecified atom stereocenters. The van der Waals surface area contributed by atoms with Gasteiger partial charge in [0.05, 0.1) is 0 Å². The quantitative estimate of drug-likeness (QED) is 0.576. The largest absolute Gasteiger partial charge is 0.343 e. The van der Waals surface area contributed by atoms with Crippen molar-refractivity contribution in [1.82, 2.24) is 0 Å². The van der Waals surface area contributed by atoms with Crippen LogP contribution in [-0.2, 0) is 9.47 Å². The summed E-state index contributed by atoms with van der Waals surface area (Å²) in [6.07, 6.45) is -0.103. The fraction of sp³-hybridized carbons (Fsp3) is 0.250. The number of benzene rings is 2. The Morgan fingerprint density at radius 2 is 1.32 bits per heavy atom. The van der Waals surface area contributed by atoms with Crippen molar-refractivity contribution in [3.05, 3.63) is 71.8 Å². The average Bonchev–Trinajstić information content (AvgIpc) is 2.45. The lowest BCUT2D eigenvalue weighted by atomic mass is 10.0. The van der Waals surface area contributed by atoms with Crippen molar-refractivity contribution in [3.8, 4) is 0 Å². The standard InChI is InChI=1S/C16H17BrO2/c1-13(17)18-12-19-16(14-8-4-2-5-9-14)15-10-6-3-7-11-15/h2-11,13,16H,12H2,1H3. The SMILES string of the molecule is CC(Br)OCOC(c1ccccc1)c1ccccc1. The lowest BCUT2D eigenvalue weighted by Gasteiger charge is -2.19. The van der Waals surface area contributed by atoms with Gasteiger partial charge < -0.3 is 9.47 Å². The summed E-state index contributed by atoms with van der Waals surface area (Å²) in [5, 5.41) is -0.0142. The number of alkyl halides is 1. The van der Waals surface area contributed by atoms with Crippen molar-refractivity contribution in [1.29, 1.82) is 0 Å². The molecule has 0 aromatic heterocycles. The van der Waals surface area contributed by atoms with Crippen LogP contribution in [0.3, 0.4) is 0 Å². The average molecular weight is 321 g/mol. The van der Waals surface area contributed by atoms with Crippen molar-refractivity contribution < 1.29 is 9.47 Å². The zero-order valence-electron chi connectivity index (χ0n) is 10.8. The third-order valence-electron chi connectivity index (χ3n) is 2.74. The van der Waals surface area contributed by atoms with E-state index in [1.807, 2.05) is 43.3 Å². The molecule has 19 heavy (non-hydrogen) atoms. The van der Waals surface area contributed by atoms with E-state index in [2.05, 4.69) is 40.2 Å². The smallest absolute Gasteiger partial charge is 0.149 e. The normalized spacial score (nSPS) is 12.6. The molecule has 0 bridgehead atoms. The van der Waals surface area contributed by atoms with Gasteiger partial charge in [-0.25, -0.2) is 0 Å². The van der Waals surface area contributed by atoms with E-state index < -0.39 is 0 Å². The van der Waals surface area contributed by atoms with Crippen LogP contribution in [0.4, 0.5) is 0 Å². The first-order valence-corrected chi connectivity index (χ1v) is 7.16. The van der Waals surface area contributed by atoms with E-state index in [-0.39, 0.29) is 17.9 Å². The maximum atomic E-state index is 5.87. The molecule has 0 amide bonds. The zero-order valence-corrected chi connectivity index (χ0v) is 12.4. The maximum Gasteiger partial charge on any atom is 0.149 e. The van der Waals surface area contributed by atoms with Gasteiger partial charge in [0.25, 0.3) is 0 Å². The Balaban J connectivity index is 2.14. The number of ether oxygens (including phenoxy) is 2. The van der Waals surface area contributed by atoms with Crippen LogP contribution < -0.4 is 0 Å². The highest BCUT2D eigenvalue weighted by atomic mass is 79.9. The van der Waals surface area contributed by atoms with Crippen LogP contribution in [0, 0.1) is 0 Å². The molecule has 0 saturated carbocycles. The highest BCUT2D eigenvalue weighted by Crippen LogP contribution is 2.25. The molecule has 0 radical (unpaired) electrons. The molecule has 0 saturated heterocycles. The first-order valence-electron chi connectivity index (χ1n) is 6.24. The molecule has 0 fully saturated rings. The molecule has 0 aliphatic rings. The van der Waals surface area contributed by atoms with E-state index in [1.165, 1.54) is 0 Å². The summed E-state index contributed by atoms with van der Waals surface area (Å²) in [6, 6.07) is 20.3. The summed E-state index contributed by atoms with van der Waals surface area (Å²) < 4.78 is 11.3. The monoisotopic (exact) mass is 320 g/mol. The molecule has 2 aromatic rings. The Morgan fingerprint density at radius 1 is 0.842 bits per heavy atom. The highest BCUT2D eigenvalue weighted by molar-refractivity contribution is 9.09. The van der Waals surface area contributed by atoms with E-state index >= 15 is 0 Å². The fourth-order valence-corrected chi connectivity index (χ4v) is 1.95. The minimum atomic E-state index is -0.103. The fourth-order valence-electron chi connectivity index (χ4n) is 1.84. The molecule has 100 valence electrons. The summed E-state index contributed by atoms with van der Waals surface area (Å²) in [4.78, 5) is 0. The van der Waals surface area contributed by atoms with Gasteiger partial charge in [0.2, 0.25) is 0 Å². The summed E-state index contributed by atoms with van der Waals surface area (Å²) in [7, 11) is 0. The minimum absolute atomic E-state index is 0.0142. The summed E-state index contributed by atoms with van der Waals surface area (Å²) >= 11 is 3.33. The number of hydrogen-bond acceptors (Lipinski definition) is 2. The Labute approximate surface area is 122 Å². The Bertz CT molecular complexity index is 431. The Kier molecular flexibility index (Phi) is 5.58. The van der Waals surface area contributed by atoms with Gasteiger partial charge in [-0.15, -0.1) is 0 Å². The maximum absolute atomic E-state index is 5.87. The van der Waals surface area contributed by atoms with Crippen LogP contribution in [0.1, 0.15) is 24.2 Å².